The lowest BCUT2D eigenvalue weighted by Crippen LogP contribution is -2.48. The molecule has 0 amide bonds. The van der Waals surface area contributed by atoms with E-state index in [9.17, 15) is 14.3 Å². The van der Waals surface area contributed by atoms with Gasteiger partial charge in [-0.15, -0.1) is 0 Å². The van der Waals surface area contributed by atoms with Crippen LogP contribution in [0, 0.1) is 5.82 Å². The van der Waals surface area contributed by atoms with Crippen molar-refractivity contribution in [1.82, 2.24) is 24.8 Å². The fourth-order valence-corrected chi connectivity index (χ4v) is 5.45. The van der Waals surface area contributed by atoms with E-state index in [2.05, 4.69) is 38.4 Å². The van der Waals surface area contributed by atoms with Gasteiger partial charge >= 0.3 is 0 Å². The first-order valence-electron chi connectivity index (χ1n) is 11.7. The molecule has 3 aromatic heterocycles. The molecule has 8 heteroatoms. The molecule has 2 N–H and O–H groups in total. The second-order valence-corrected chi connectivity index (χ2v) is 9.46. The summed E-state index contributed by atoms with van der Waals surface area (Å²) < 4.78 is 16.2. The zero-order chi connectivity index (χ0) is 23.3. The molecule has 4 aromatic rings. The van der Waals surface area contributed by atoms with Crippen LogP contribution in [0.4, 0.5) is 4.39 Å². The van der Waals surface area contributed by atoms with Crippen LogP contribution >= 0.6 is 0 Å². The van der Waals surface area contributed by atoms with Crippen LogP contribution in [0.5, 0.6) is 0 Å². The van der Waals surface area contributed by atoms with Crippen molar-refractivity contribution in [1.29, 1.82) is 0 Å². The number of likely N-dealkylation sites (tertiary alicyclic amines) is 1. The van der Waals surface area contributed by atoms with Gasteiger partial charge < -0.3 is 15.0 Å². The van der Waals surface area contributed by atoms with Crippen molar-refractivity contribution in [3.63, 3.8) is 0 Å². The van der Waals surface area contributed by atoms with Gasteiger partial charge in [0.25, 0.3) is 5.56 Å². The molecule has 1 atom stereocenters. The van der Waals surface area contributed by atoms with Crippen molar-refractivity contribution in [2.24, 2.45) is 0 Å². The molecule has 1 aromatic carbocycles. The van der Waals surface area contributed by atoms with Gasteiger partial charge in [-0.05, 0) is 43.5 Å². The third-order valence-corrected chi connectivity index (χ3v) is 7.17. The highest BCUT2D eigenvalue weighted by Crippen LogP contribution is 2.37. The van der Waals surface area contributed by atoms with Crippen molar-refractivity contribution in [2.75, 3.05) is 19.6 Å². The first kappa shape index (κ1) is 21.3. The van der Waals surface area contributed by atoms with Crippen LogP contribution in [-0.2, 0) is 18.7 Å². The van der Waals surface area contributed by atoms with Crippen molar-refractivity contribution in [3.05, 3.63) is 82.3 Å². The normalized spacial score (nSPS) is 21.0. The van der Waals surface area contributed by atoms with Crippen LogP contribution in [0.15, 0.2) is 59.7 Å². The summed E-state index contributed by atoms with van der Waals surface area (Å²) in [5.41, 5.74) is 0.446. The van der Waals surface area contributed by atoms with E-state index in [4.69, 9.17) is 0 Å². The standard InChI is InChI=1S/C26H26FN5O2/c27-21-14-30-22-5-6-23(33)32-16-26(34,24(21)25(22)32)15-31-9-7-19(8-10-31)29-13-20-11-17-3-1-2-4-18(17)12-28-20/h1-6,11-12,14,19,29,34H,7-10,13,15-16H2/t26-/m0/s1. The molecule has 0 unspecified atom stereocenters. The van der Waals surface area contributed by atoms with Gasteiger partial charge in [0.05, 0.1) is 35.0 Å². The number of pyridine rings is 3. The highest BCUT2D eigenvalue weighted by Gasteiger charge is 2.43. The summed E-state index contributed by atoms with van der Waals surface area (Å²) in [5.74, 6) is -0.564. The fraction of sp³-hybridized carbons (Fsp3) is 0.346. The third-order valence-electron chi connectivity index (χ3n) is 7.17. The van der Waals surface area contributed by atoms with Crippen LogP contribution in [-0.4, -0.2) is 50.2 Å². The first-order valence-corrected chi connectivity index (χ1v) is 11.7. The summed E-state index contributed by atoms with van der Waals surface area (Å²) in [6.45, 7) is 2.60. The Morgan fingerprint density at radius 2 is 1.88 bits per heavy atom. The summed E-state index contributed by atoms with van der Waals surface area (Å²) in [4.78, 5) is 23.2. The van der Waals surface area contributed by atoms with Crippen molar-refractivity contribution in [3.8, 4) is 0 Å². The highest BCUT2D eigenvalue weighted by atomic mass is 19.1. The van der Waals surface area contributed by atoms with Gasteiger partial charge in [0.1, 0.15) is 11.4 Å². The van der Waals surface area contributed by atoms with E-state index in [0.717, 1.165) is 43.2 Å². The van der Waals surface area contributed by atoms with Crippen molar-refractivity contribution < 1.29 is 9.50 Å². The lowest BCUT2D eigenvalue weighted by atomic mass is 9.93. The van der Waals surface area contributed by atoms with Gasteiger partial charge in [-0.25, -0.2) is 4.39 Å². The number of halogens is 1. The van der Waals surface area contributed by atoms with Gasteiger partial charge in [0.15, 0.2) is 0 Å². The minimum Gasteiger partial charge on any atom is -0.382 e. The molecular weight excluding hydrogens is 433 g/mol. The van der Waals surface area contributed by atoms with E-state index in [0.29, 0.717) is 23.6 Å². The van der Waals surface area contributed by atoms with E-state index in [-0.39, 0.29) is 24.2 Å². The maximum Gasteiger partial charge on any atom is 0.251 e. The van der Waals surface area contributed by atoms with Gasteiger partial charge in [0.2, 0.25) is 0 Å². The van der Waals surface area contributed by atoms with E-state index >= 15 is 0 Å². The van der Waals surface area contributed by atoms with Crippen LogP contribution < -0.4 is 10.9 Å². The topological polar surface area (TPSA) is 83.3 Å². The smallest absolute Gasteiger partial charge is 0.251 e. The molecule has 5 heterocycles. The Labute approximate surface area is 195 Å². The highest BCUT2D eigenvalue weighted by molar-refractivity contribution is 5.82. The maximum atomic E-state index is 14.8. The number of fused-ring (bicyclic) bond motifs is 1. The Kier molecular flexibility index (Phi) is 5.17. The summed E-state index contributed by atoms with van der Waals surface area (Å²) in [6.07, 6.45) is 4.89. The van der Waals surface area contributed by atoms with E-state index in [1.165, 1.54) is 16.0 Å². The zero-order valence-electron chi connectivity index (χ0n) is 18.7. The number of hydrogen-bond acceptors (Lipinski definition) is 6. The Morgan fingerprint density at radius 3 is 2.71 bits per heavy atom. The van der Waals surface area contributed by atoms with Gasteiger partial charge in [0, 0.05) is 36.8 Å². The summed E-state index contributed by atoms with van der Waals surface area (Å²) in [6, 6.07) is 13.7. The van der Waals surface area contributed by atoms with E-state index < -0.39 is 11.4 Å². The van der Waals surface area contributed by atoms with Gasteiger partial charge in [-0.1, -0.05) is 24.3 Å². The number of benzene rings is 1. The van der Waals surface area contributed by atoms with E-state index in [1.54, 1.807) is 6.07 Å². The molecule has 0 radical (unpaired) electrons. The average Bonchev–Trinajstić information content (AvgIpc) is 3.17. The number of nitrogens with zero attached hydrogens (tertiary/aromatic N) is 4. The fourth-order valence-electron chi connectivity index (χ4n) is 5.45. The quantitative estimate of drug-likeness (QED) is 0.477. The van der Waals surface area contributed by atoms with Crippen molar-refractivity contribution in [2.45, 2.75) is 37.6 Å². The first-order chi connectivity index (χ1) is 16.5. The van der Waals surface area contributed by atoms with E-state index in [1.807, 2.05) is 18.3 Å². The third kappa shape index (κ3) is 3.68. The predicted octanol–water partition coefficient (Wildman–Crippen LogP) is 2.54. The Hall–Kier alpha value is -3.20. The second kappa shape index (κ2) is 8.23. The molecule has 1 fully saturated rings. The maximum absolute atomic E-state index is 14.8. The number of aliphatic hydroxyl groups is 1. The lowest BCUT2D eigenvalue weighted by Gasteiger charge is -2.37. The molecule has 6 rings (SSSR count). The number of piperidine rings is 1. The molecule has 7 nitrogen and oxygen atoms in total. The van der Waals surface area contributed by atoms with Crippen LogP contribution in [0.25, 0.3) is 21.8 Å². The average molecular weight is 460 g/mol. The van der Waals surface area contributed by atoms with Crippen LogP contribution in [0.2, 0.25) is 0 Å². The zero-order valence-corrected chi connectivity index (χ0v) is 18.7. The molecule has 0 aliphatic carbocycles. The van der Waals surface area contributed by atoms with Gasteiger partial charge in [-0.2, -0.15) is 0 Å². The lowest BCUT2D eigenvalue weighted by molar-refractivity contribution is -0.0159. The number of hydrogen-bond donors (Lipinski definition) is 2. The molecule has 2 aliphatic heterocycles. The predicted molar refractivity (Wildman–Crippen MR) is 128 cm³/mol. The molecular formula is C26H26FN5O2. The summed E-state index contributed by atoms with van der Waals surface area (Å²) >= 11 is 0. The largest absolute Gasteiger partial charge is 0.382 e. The molecule has 0 spiro atoms. The number of aromatic nitrogens is 3. The van der Waals surface area contributed by atoms with Gasteiger partial charge in [-0.3, -0.25) is 19.7 Å². The monoisotopic (exact) mass is 459 g/mol. The molecule has 34 heavy (non-hydrogen) atoms. The molecule has 0 bridgehead atoms. The Bertz CT molecular complexity index is 1450. The SMILES string of the molecule is O=c1ccc2ncc(F)c3c2n1C[C@@]3(O)CN1CCC(NCc2cc3ccccc3cn2)CC1. The number of β-amino-alcohol motifs (C(OH)–C–C–N with tert-alkyl or cyclic N) is 1. The van der Waals surface area contributed by atoms with Crippen LogP contribution in [0.3, 0.4) is 0 Å². The molecule has 2 aliphatic rings. The molecule has 0 saturated carbocycles. The molecule has 174 valence electrons. The number of rotatable bonds is 5. The Balaban J connectivity index is 1.11. The minimum absolute atomic E-state index is 0.0485. The Morgan fingerprint density at radius 1 is 1.09 bits per heavy atom. The van der Waals surface area contributed by atoms with Crippen molar-refractivity contribution >= 4 is 21.8 Å². The van der Waals surface area contributed by atoms with Crippen LogP contribution in [0.1, 0.15) is 24.1 Å². The number of nitrogens with one attached hydrogen (secondary N) is 1. The minimum atomic E-state index is -1.45. The molecule has 1 saturated heterocycles. The summed E-state index contributed by atoms with van der Waals surface area (Å²) in [5, 5.41) is 17.4. The second-order valence-electron chi connectivity index (χ2n) is 9.46. The summed E-state index contributed by atoms with van der Waals surface area (Å²) in [7, 11) is 0.